The lowest BCUT2D eigenvalue weighted by molar-refractivity contribution is -0.168. The molecule has 0 spiro atoms. The molecule has 2 heterocycles. The maximum Gasteiger partial charge on any atom is 0.334 e. The van der Waals surface area contributed by atoms with Crippen LogP contribution >= 0.6 is 0 Å². The number of rotatable bonds is 4. The molecule has 1 amide bonds. The van der Waals surface area contributed by atoms with Gasteiger partial charge in [-0.05, 0) is 62.3 Å². The first-order valence-corrected chi connectivity index (χ1v) is 12.0. The number of carbonyl (C=O) groups is 2. The van der Waals surface area contributed by atoms with E-state index in [0.29, 0.717) is 24.3 Å². The van der Waals surface area contributed by atoms with Crippen LogP contribution in [-0.4, -0.2) is 73.0 Å². The Morgan fingerprint density at radius 3 is 2.50 bits per heavy atom. The van der Waals surface area contributed by atoms with Crippen LogP contribution in [0.1, 0.15) is 37.3 Å². The van der Waals surface area contributed by atoms with Crippen LogP contribution in [0.4, 0.5) is 0 Å². The summed E-state index contributed by atoms with van der Waals surface area (Å²) in [5, 5.41) is 9.22. The van der Waals surface area contributed by atoms with Gasteiger partial charge in [0.1, 0.15) is 0 Å². The molecule has 0 saturated carbocycles. The minimum atomic E-state index is -3.58. The van der Waals surface area contributed by atoms with E-state index in [1.54, 1.807) is 24.0 Å². The summed E-state index contributed by atoms with van der Waals surface area (Å²) in [6.07, 6.45) is 2.51. The van der Waals surface area contributed by atoms with Crippen molar-refractivity contribution in [2.45, 2.75) is 56.1 Å². The number of piperidine rings is 1. The Hall–Kier alpha value is -1.97. The van der Waals surface area contributed by atoms with E-state index >= 15 is 0 Å². The van der Waals surface area contributed by atoms with Gasteiger partial charge in [-0.2, -0.15) is 4.31 Å². The number of carbonyl (C=O) groups excluding carboxylic acids is 1. The highest BCUT2D eigenvalue weighted by molar-refractivity contribution is 7.89. The number of fused-ring (bicyclic) bond motifs is 1. The van der Waals surface area contributed by atoms with Gasteiger partial charge in [0.05, 0.1) is 17.5 Å². The molecule has 2 saturated heterocycles. The molecule has 2 aliphatic heterocycles. The minimum absolute atomic E-state index is 0.0339. The van der Waals surface area contributed by atoms with Gasteiger partial charge in [-0.25, -0.2) is 13.2 Å². The maximum atomic E-state index is 13.1. The molecule has 4 rings (SSSR count). The number of aryl methyl sites for hydroxylation is 2. The summed E-state index contributed by atoms with van der Waals surface area (Å²) in [5.41, 5.74) is 2.35. The SMILES string of the molecule is C[C@@H]1CN(C(=O)C2CCN(S(=O)(=O)c3ccc4c(c3)CCC4)CC2)C[C@@H](C(=O)O)O1. The fraction of sp³-hybridized carbons (Fsp3) is 0.619. The highest BCUT2D eigenvalue weighted by atomic mass is 32.2. The van der Waals surface area contributed by atoms with Crippen molar-refractivity contribution in [3.63, 3.8) is 0 Å². The van der Waals surface area contributed by atoms with E-state index in [4.69, 9.17) is 4.74 Å². The van der Waals surface area contributed by atoms with Gasteiger partial charge in [0.25, 0.3) is 0 Å². The number of benzene rings is 1. The molecule has 0 radical (unpaired) electrons. The first-order chi connectivity index (χ1) is 14.3. The highest BCUT2D eigenvalue weighted by Gasteiger charge is 2.38. The van der Waals surface area contributed by atoms with E-state index in [9.17, 15) is 23.1 Å². The summed E-state index contributed by atoms with van der Waals surface area (Å²) < 4.78 is 33.0. The Bertz CT molecular complexity index is 939. The van der Waals surface area contributed by atoms with E-state index < -0.39 is 22.1 Å². The second-order valence-corrected chi connectivity index (χ2v) is 10.4. The third kappa shape index (κ3) is 4.10. The first kappa shape index (κ1) is 21.3. The number of amides is 1. The smallest absolute Gasteiger partial charge is 0.334 e. The summed E-state index contributed by atoms with van der Waals surface area (Å²) in [7, 11) is -3.58. The summed E-state index contributed by atoms with van der Waals surface area (Å²) in [6, 6.07) is 5.41. The normalized spacial score (nSPS) is 25.8. The molecule has 164 valence electrons. The Morgan fingerprint density at radius 2 is 1.80 bits per heavy atom. The van der Waals surface area contributed by atoms with Gasteiger partial charge in [-0.3, -0.25) is 4.79 Å². The number of nitrogens with zero attached hydrogens (tertiary/aromatic N) is 2. The number of carboxylic acid groups (broad SMARTS) is 1. The molecule has 1 aromatic rings. The Morgan fingerprint density at radius 1 is 1.10 bits per heavy atom. The van der Waals surface area contributed by atoms with Crippen molar-refractivity contribution in [3.8, 4) is 0 Å². The molecular formula is C21H28N2O6S. The molecule has 3 aliphatic rings. The molecule has 1 N–H and O–H groups in total. The van der Waals surface area contributed by atoms with Crippen molar-refractivity contribution in [2.24, 2.45) is 5.92 Å². The van der Waals surface area contributed by atoms with Gasteiger partial charge < -0.3 is 14.7 Å². The molecule has 8 nitrogen and oxygen atoms in total. The molecule has 0 aromatic heterocycles. The first-order valence-electron chi connectivity index (χ1n) is 10.5. The van der Waals surface area contributed by atoms with Gasteiger partial charge in [-0.1, -0.05) is 6.07 Å². The van der Waals surface area contributed by atoms with Crippen LogP contribution in [0.3, 0.4) is 0 Å². The zero-order chi connectivity index (χ0) is 21.5. The molecule has 1 aromatic carbocycles. The zero-order valence-electron chi connectivity index (χ0n) is 17.1. The molecule has 0 bridgehead atoms. The van der Waals surface area contributed by atoms with Crippen LogP contribution in [0, 0.1) is 5.92 Å². The number of carboxylic acids is 1. The van der Waals surface area contributed by atoms with Gasteiger partial charge in [-0.15, -0.1) is 0 Å². The molecular weight excluding hydrogens is 408 g/mol. The van der Waals surface area contributed by atoms with Gasteiger partial charge in [0.15, 0.2) is 6.10 Å². The third-order valence-corrected chi connectivity index (χ3v) is 8.25. The van der Waals surface area contributed by atoms with Gasteiger partial charge in [0.2, 0.25) is 15.9 Å². The van der Waals surface area contributed by atoms with E-state index in [1.165, 1.54) is 9.87 Å². The van der Waals surface area contributed by atoms with Crippen LogP contribution < -0.4 is 0 Å². The van der Waals surface area contributed by atoms with Crippen molar-refractivity contribution < 1.29 is 27.9 Å². The summed E-state index contributed by atoms with van der Waals surface area (Å²) in [6.45, 7) is 2.72. The van der Waals surface area contributed by atoms with Crippen molar-refractivity contribution >= 4 is 21.9 Å². The van der Waals surface area contributed by atoms with Crippen LogP contribution in [-0.2, 0) is 37.2 Å². The second kappa shape index (κ2) is 8.28. The summed E-state index contributed by atoms with van der Waals surface area (Å²) >= 11 is 0. The maximum absolute atomic E-state index is 13.1. The highest BCUT2D eigenvalue weighted by Crippen LogP contribution is 2.29. The molecule has 2 atom stereocenters. The second-order valence-electron chi connectivity index (χ2n) is 8.48. The predicted octanol–water partition coefficient (Wildman–Crippen LogP) is 1.28. The fourth-order valence-corrected chi connectivity index (χ4v) is 6.25. The summed E-state index contributed by atoms with van der Waals surface area (Å²) in [4.78, 5) is 26.1. The van der Waals surface area contributed by atoms with Crippen LogP contribution in [0.2, 0.25) is 0 Å². The average molecular weight is 437 g/mol. The lowest BCUT2D eigenvalue weighted by Crippen LogP contribution is -2.54. The standard InChI is InChI=1S/C21H28N2O6S/c1-14-12-22(13-19(29-14)21(25)26)20(24)16-7-9-23(10-8-16)30(27,28)18-6-5-15-3-2-4-17(15)11-18/h5-6,11,14,16,19H,2-4,7-10,12-13H2,1H3,(H,25,26)/t14-,19+/m1/s1. The summed E-state index contributed by atoms with van der Waals surface area (Å²) in [5.74, 6) is -1.48. The fourth-order valence-electron chi connectivity index (χ4n) is 4.73. The number of hydrogen-bond acceptors (Lipinski definition) is 5. The molecule has 9 heteroatoms. The van der Waals surface area contributed by atoms with Crippen molar-refractivity contribution in [2.75, 3.05) is 26.2 Å². The van der Waals surface area contributed by atoms with E-state index in [0.717, 1.165) is 24.8 Å². The Labute approximate surface area is 176 Å². The number of ether oxygens (including phenoxy) is 1. The minimum Gasteiger partial charge on any atom is -0.479 e. The number of sulfonamides is 1. The monoisotopic (exact) mass is 436 g/mol. The van der Waals surface area contributed by atoms with Gasteiger partial charge >= 0.3 is 5.97 Å². The van der Waals surface area contributed by atoms with Crippen LogP contribution in [0.25, 0.3) is 0 Å². The molecule has 1 aliphatic carbocycles. The number of morpholine rings is 1. The largest absolute Gasteiger partial charge is 0.479 e. The Balaban J connectivity index is 1.39. The lowest BCUT2D eigenvalue weighted by atomic mass is 9.96. The van der Waals surface area contributed by atoms with Crippen molar-refractivity contribution in [1.29, 1.82) is 0 Å². The average Bonchev–Trinajstić information content (AvgIpc) is 3.20. The third-order valence-electron chi connectivity index (χ3n) is 6.36. The van der Waals surface area contributed by atoms with Crippen molar-refractivity contribution in [1.82, 2.24) is 9.21 Å². The predicted molar refractivity (Wildman–Crippen MR) is 109 cm³/mol. The van der Waals surface area contributed by atoms with E-state index in [-0.39, 0.29) is 37.6 Å². The van der Waals surface area contributed by atoms with Crippen molar-refractivity contribution in [3.05, 3.63) is 29.3 Å². The Kier molecular flexibility index (Phi) is 5.87. The molecule has 30 heavy (non-hydrogen) atoms. The topological polar surface area (TPSA) is 104 Å². The quantitative estimate of drug-likeness (QED) is 0.762. The van der Waals surface area contributed by atoms with Crippen LogP contribution in [0.5, 0.6) is 0 Å². The lowest BCUT2D eigenvalue weighted by Gasteiger charge is -2.38. The van der Waals surface area contributed by atoms with E-state index in [2.05, 4.69) is 0 Å². The number of aliphatic carboxylic acids is 1. The number of hydrogen-bond donors (Lipinski definition) is 1. The zero-order valence-corrected chi connectivity index (χ0v) is 17.9. The molecule has 0 unspecified atom stereocenters. The van der Waals surface area contributed by atoms with Gasteiger partial charge in [0, 0.05) is 25.6 Å². The molecule has 2 fully saturated rings. The van der Waals surface area contributed by atoms with E-state index in [1.807, 2.05) is 6.07 Å². The van der Waals surface area contributed by atoms with Crippen LogP contribution in [0.15, 0.2) is 23.1 Å².